The van der Waals surface area contributed by atoms with E-state index in [1.165, 1.54) is 17.9 Å². The first-order chi connectivity index (χ1) is 5.43. The Balaban J connectivity index is 2.04. The zero-order chi connectivity index (χ0) is 7.94. The SMILES string of the molecule is CCOCCNc1ncns1. The molecule has 0 unspecified atom stereocenters. The zero-order valence-corrected chi connectivity index (χ0v) is 7.23. The summed E-state index contributed by atoms with van der Waals surface area (Å²) in [5.41, 5.74) is 0. The second-order valence-electron chi connectivity index (χ2n) is 1.87. The predicted octanol–water partition coefficient (Wildman–Crippen LogP) is 0.987. The van der Waals surface area contributed by atoms with E-state index < -0.39 is 0 Å². The van der Waals surface area contributed by atoms with Crippen molar-refractivity contribution in [2.45, 2.75) is 6.92 Å². The van der Waals surface area contributed by atoms with Crippen molar-refractivity contribution in [1.29, 1.82) is 0 Å². The molecule has 0 saturated heterocycles. The normalized spacial score (nSPS) is 9.91. The first-order valence-corrected chi connectivity index (χ1v) is 4.29. The minimum atomic E-state index is 0.718. The summed E-state index contributed by atoms with van der Waals surface area (Å²) in [6, 6.07) is 0. The van der Waals surface area contributed by atoms with Crippen molar-refractivity contribution in [3.63, 3.8) is 0 Å². The maximum Gasteiger partial charge on any atom is 0.202 e. The molecule has 0 aliphatic carbocycles. The Morgan fingerprint density at radius 3 is 3.27 bits per heavy atom. The molecule has 0 amide bonds. The number of nitrogens with zero attached hydrogens (tertiary/aromatic N) is 2. The third kappa shape index (κ3) is 3.29. The van der Waals surface area contributed by atoms with Gasteiger partial charge in [0.05, 0.1) is 6.61 Å². The Morgan fingerprint density at radius 2 is 2.64 bits per heavy atom. The highest BCUT2D eigenvalue weighted by molar-refractivity contribution is 7.09. The van der Waals surface area contributed by atoms with Crippen LogP contribution in [0.2, 0.25) is 0 Å². The molecule has 62 valence electrons. The van der Waals surface area contributed by atoms with Crippen molar-refractivity contribution < 1.29 is 4.74 Å². The molecule has 0 atom stereocenters. The van der Waals surface area contributed by atoms with E-state index in [-0.39, 0.29) is 0 Å². The standard InChI is InChI=1S/C6H11N3OS/c1-2-10-4-3-7-6-8-5-9-11-6/h5H,2-4H2,1H3,(H,7,8,9). The lowest BCUT2D eigenvalue weighted by atomic mass is 10.7. The first-order valence-electron chi connectivity index (χ1n) is 3.51. The van der Waals surface area contributed by atoms with Gasteiger partial charge in [-0.2, -0.15) is 4.37 Å². The van der Waals surface area contributed by atoms with Gasteiger partial charge < -0.3 is 10.1 Å². The largest absolute Gasteiger partial charge is 0.380 e. The van der Waals surface area contributed by atoms with Crippen molar-refractivity contribution in [2.75, 3.05) is 25.1 Å². The van der Waals surface area contributed by atoms with Crippen molar-refractivity contribution >= 4 is 16.7 Å². The molecular formula is C6H11N3OS. The summed E-state index contributed by atoms with van der Waals surface area (Å²) in [6.07, 6.45) is 1.54. The summed E-state index contributed by atoms with van der Waals surface area (Å²) in [4.78, 5) is 3.95. The van der Waals surface area contributed by atoms with Crippen LogP contribution in [0.4, 0.5) is 5.13 Å². The maximum absolute atomic E-state index is 5.13. The Bertz CT molecular complexity index is 178. The zero-order valence-electron chi connectivity index (χ0n) is 6.41. The topological polar surface area (TPSA) is 47.0 Å². The van der Waals surface area contributed by atoms with Crippen LogP contribution in [0.15, 0.2) is 6.33 Å². The maximum atomic E-state index is 5.13. The van der Waals surface area contributed by atoms with Gasteiger partial charge in [-0.05, 0) is 6.92 Å². The highest BCUT2D eigenvalue weighted by Crippen LogP contribution is 2.04. The molecule has 4 nitrogen and oxygen atoms in total. The van der Waals surface area contributed by atoms with Crippen LogP contribution < -0.4 is 5.32 Å². The lowest BCUT2D eigenvalue weighted by Gasteiger charge is -2.00. The van der Waals surface area contributed by atoms with Gasteiger partial charge in [0.1, 0.15) is 6.33 Å². The Kier molecular flexibility index (Phi) is 3.85. The van der Waals surface area contributed by atoms with Crippen LogP contribution in [0, 0.1) is 0 Å². The molecule has 0 aliphatic heterocycles. The third-order valence-electron chi connectivity index (χ3n) is 1.09. The molecule has 0 saturated carbocycles. The molecule has 0 fully saturated rings. The fourth-order valence-electron chi connectivity index (χ4n) is 0.625. The minimum Gasteiger partial charge on any atom is -0.380 e. The molecule has 5 heteroatoms. The molecule has 1 heterocycles. The smallest absolute Gasteiger partial charge is 0.202 e. The van der Waals surface area contributed by atoms with E-state index in [1.54, 1.807) is 0 Å². The van der Waals surface area contributed by atoms with Crippen molar-refractivity contribution in [2.24, 2.45) is 0 Å². The van der Waals surface area contributed by atoms with E-state index in [2.05, 4.69) is 14.7 Å². The van der Waals surface area contributed by atoms with Crippen LogP contribution in [0.3, 0.4) is 0 Å². The van der Waals surface area contributed by atoms with Crippen LogP contribution in [0.25, 0.3) is 0 Å². The number of nitrogens with one attached hydrogen (secondary N) is 1. The number of aromatic nitrogens is 2. The first kappa shape index (κ1) is 8.42. The van der Waals surface area contributed by atoms with Crippen LogP contribution >= 0.6 is 11.5 Å². The summed E-state index contributed by atoms with van der Waals surface area (Å²) in [5.74, 6) is 0. The summed E-state index contributed by atoms with van der Waals surface area (Å²) in [7, 11) is 0. The summed E-state index contributed by atoms with van der Waals surface area (Å²) in [6.45, 7) is 4.25. The van der Waals surface area contributed by atoms with Crippen LogP contribution in [-0.2, 0) is 4.74 Å². The van der Waals surface area contributed by atoms with Gasteiger partial charge in [0.15, 0.2) is 0 Å². The van der Waals surface area contributed by atoms with Gasteiger partial charge in [-0.3, -0.25) is 0 Å². The highest BCUT2D eigenvalue weighted by atomic mass is 32.1. The molecule has 1 rings (SSSR count). The molecule has 0 aliphatic rings. The molecule has 0 radical (unpaired) electrons. The Hall–Kier alpha value is -0.680. The molecule has 0 spiro atoms. The van der Waals surface area contributed by atoms with Gasteiger partial charge in [-0.25, -0.2) is 4.98 Å². The summed E-state index contributed by atoms with van der Waals surface area (Å²) < 4.78 is 8.97. The minimum absolute atomic E-state index is 0.718. The molecule has 0 aromatic carbocycles. The molecule has 1 N–H and O–H groups in total. The molecule has 11 heavy (non-hydrogen) atoms. The highest BCUT2D eigenvalue weighted by Gasteiger charge is 1.92. The molecule has 0 bridgehead atoms. The van der Waals surface area contributed by atoms with E-state index in [4.69, 9.17) is 4.74 Å². The summed E-state index contributed by atoms with van der Waals surface area (Å²) in [5, 5.41) is 3.93. The van der Waals surface area contributed by atoms with E-state index >= 15 is 0 Å². The Labute approximate surface area is 69.8 Å². The van der Waals surface area contributed by atoms with Gasteiger partial charge in [-0.1, -0.05) is 0 Å². The molecule has 1 aromatic heterocycles. The number of ether oxygens (including phenoxy) is 1. The monoisotopic (exact) mass is 173 g/mol. The number of anilines is 1. The van der Waals surface area contributed by atoms with E-state index in [0.29, 0.717) is 0 Å². The predicted molar refractivity (Wildman–Crippen MR) is 44.9 cm³/mol. The van der Waals surface area contributed by atoms with Gasteiger partial charge in [0.2, 0.25) is 5.13 Å². The van der Waals surface area contributed by atoms with Crippen molar-refractivity contribution in [3.8, 4) is 0 Å². The fourth-order valence-corrected chi connectivity index (χ4v) is 1.08. The van der Waals surface area contributed by atoms with E-state index in [0.717, 1.165) is 24.9 Å². The fraction of sp³-hybridized carbons (Fsp3) is 0.667. The average molecular weight is 173 g/mol. The number of hydrogen-bond donors (Lipinski definition) is 1. The number of rotatable bonds is 5. The number of hydrogen-bond acceptors (Lipinski definition) is 5. The lowest BCUT2D eigenvalue weighted by Crippen LogP contribution is -2.08. The Morgan fingerprint density at radius 1 is 1.73 bits per heavy atom. The van der Waals surface area contributed by atoms with Crippen LogP contribution in [-0.4, -0.2) is 29.1 Å². The second-order valence-corrected chi connectivity index (χ2v) is 2.65. The van der Waals surface area contributed by atoms with Crippen LogP contribution in [0.5, 0.6) is 0 Å². The van der Waals surface area contributed by atoms with E-state index in [1.807, 2.05) is 6.92 Å². The molecule has 1 aromatic rings. The van der Waals surface area contributed by atoms with Crippen molar-refractivity contribution in [3.05, 3.63) is 6.33 Å². The second kappa shape index (κ2) is 5.03. The van der Waals surface area contributed by atoms with Gasteiger partial charge in [0, 0.05) is 24.7 Å². The van der Waals surface area contributed by atoms with Gasteiger partial charge >= 0.3 is 0 Å². The lowest BCUT2D eigenvalue weighted by molar-refractivity contribution is 0.158. The van der Waals surface area contributed by atoms with Gasteiger partial charge in [-0.15, -0.1) is 0 Å². The van der Waals surface area contributed by atoms with Crippen LogP contribution in [0.1, 0.15) is 6.92 Å². The van der Waals surface area contributed by atoms with Gasteiger partial charge in [0.25, 0.3) is 0 Å². The average Bonchev–Trinajstić information content (AvgIpc) is 2.50. The summed E-state index contributed by atoms with van der Waals surface area (Å²) >= 11 is 1.35. The molecular weight excluding hydrogens is 162 g/mol. The third-order valence-corrected chi connectivity index (χ3v) is 1.71. The van der Waals surface area contributed by atoms with Crippen molar-refractivity contribution in [1.82, 2.24) is 9.36 Å². The van der Waals surface area contributed by atoms with E-state index in [9.17, 15) is 0 Å². The quantitative estimate of drug-likeness (QED) is 0.674.